The highest BCUT2D eigenvalue weighted by atomic mass is 35.5. The zero-order valence-electron chi connectivity index (χ0n) is 11.9. The van der Waals surface area contributed by atoms with Gasteiger partial charge in [-0.2, -0.15) is 4.98 Å². The lowest BCUT2D eigenvalue weighted by Crippen LogP contribution is -2.37. The van der Waals surface area contributed by atoms with Gasteiger partial charge in [-0.05, 0) is 14.0 Å². The smallest absolute Gasteiger partial charge is 0.320 e. The van der Waals surface area contributed by atoms with Crippen LogP contribution >= 0.6 is 12.4 Å². The molecule has 1 aromatic heterocycles. The van der Waals surface area contributed by atoms with E-state index in [2.05, 4.69) is 10.1 Å². The second kappa shape index (κ2) is 7.75. The van der Waals surface area contributed by atoms with Gasteiger partial charge in [-0.1, -0.05) is 35.5 Å². The molecule has 6 nitrogen and oxygen atoms in total. The van der Waals surface area contributed by atoms with Crippen molar-refractivity contribution in [2.75, 3.05) is 13.6 Å². The van der Waals surface area contributed by atoms with E-state index < -0.39 is 12.0 Å². The Morgan fingerprint density at radius 3 is 2.67 bits per heavy atom. The van der Waals surface area contributed by atoms with Gasteiger partial charge in [0.2, 0.25) is 11.7 Å². The minimum atomic E-state index is -0.844. The van der Waals surface area contributed by atoms with E-state index in [1.165, 1.54) is 0 Å². The van der Waals surface area contributed by atoms with Crippen molar-refractivity contribution in [3.63, 3.8) is 0 Å². The summed E-state index contributed by atoms with van der Waals surface area (Å²) in [4.78, 5) is 16.9. The number of aromatic nitrogens is 2. The second-order valence-corrected chi connectivity index (χ2v) is 4.62. The Morgan fingerprint density at radius 1 is 1.38 bits per heavy atom. The molecule has 1 N–H and O–H groups in total. The molecule has 0 aliphatic heterocycles. The van der Waals surface area contributed by atoms with Crippen LogP contribution < -0.4 is 0 Å². The molecule has 0 radical (unpaired) electrons. The van der Waals surface area contributed by atoms with Gasteiger partial charge in [0.1, 0.15) is 6.04 Å². The minimum absolute atomic E-state index is 0. The predicted octanol–water partition coefficient (Wildman–Crippen LogP) is 2.11. The average Bonchev–Trinajstić information content (AvgIpc) is 2.93. The van der Waals surface area contributed by atoms with Gasteiger partial charge in [-0.25, -0.2) is 0 Å². The molecule has 2 rings (SSSR count). The number of benzene rings is 1. The molecule has 2 aromatic rings. The molecule has 0 saturated carbocycles. The van der Waals surface area contributed by atoms with Crippen molar-refractivity contribution < 1.29 is 14.4 Å². The summed E-state index contributed by atoms with van der Waals surface area (Å²) in [6.07, 6.45) is 0.522. The third-order valence-electron chi connectivity index (χ3n) is 3.20. The van der Waals surface area contributed by atoms with Crippen LogP contribution in [0.1, 0.15) is 12.8 Å². The first-order chi connectivity index (χ1) is 9.58. The van der Waals surface area contributed by atoms with Gasteiger partial charge < -0.3 is 9.63 Å². The number of carboxylic acids is 1. The Labute approximate surface area is 129 Å². The molecule has 1 unspecified atom stereocenters. The van der Waals surface area contributed by atoms with E-state index in [0.717, 1.165) is 5.56 Å². The Balaban J connectivity index is 0.00000220. The van der Waals surface area contributed by atoms with Crippen molar-refractivity contribution >= 4 is 18.4 Å². The predicted molar refractivity (Wildman–Crippen MR) is 80.4 cm³/mol. The van der Waals surface area contributed by atoms with Crippen LogP contribution in [-0.2, 0) is 11.2 Å². The minimum Gasteiger partial charge on any atom is -0.480 e. The molecular formula is C14H18ClN3O3. The van der Waals surface area contributed by atoms with Gasteiger partial charge in [-0.15, -0.1) is 12.4 Å². The van der Waals surface area contributed by atoms with Crippen molar-refractivity contribution in [2.24, 2.45) is 0 Å². The molecule has 1 atom stereocenters. The quantitative estimate of drug-likeness (QED) is 0.880. The molecule has 0 fully saturated rings. The molecule has 1 aromatic carbocycles. The van der Waals surface area contributed by atoms with E-state index in [9.17, 15) is 4.79 Å². The van der Waals surface area contributed by atoms with Crippen LogP contribution in [0.15, 0.2) is 34.9 Å². The summed E-state index contributed by atoms with van der Waals surface area (Å²) in [5, 5.41) is 12.8. The number of aliphatic carboxylic acids is 1. The maximum atomic E-state index is 10.8. The highest BCUT2D eigenvalue weighted by Gasteiger charge is 2.17. The van der Waals surface area contributed by atoms with Crippen molar-refractivity contribution in [3.8, 4) is 11.4 Å². The zero-order chi connectivity index (χ0) is 14.5. The lowest BCUT2D eigenvalue weighted by molar-refractivity contribution is -0.142. The summed E-state index contributed by atoms with van der Waals surface area (Å²) in [7, 11) is 1.76. The Morgan fingerprint density at radius 2 is 2.05 bits per heavy atom. The van der Waals surface area contributed by atoms with Gasteiger partial charge in [0.25, 0.3) is 0 Å². The first kappa shape index (κ1) is 17.1. The van der Waals surface area contributed by atoms with Crippen molar-refractivity contribution in [2.45, 2.75) is 19.4 Å². The molecule has 0 bridgehead atoms. The number of carbonyl (C=O) groups is 1. The van der Waals surface area contributed by atoms with Gasteiger partial charge >= 0.3 is 5.97 Å². The molecule has 21 heavy (non-hydrogen) atoms. The maximum Gasteiger partial charge on any atom is 0.320 e. The van der Waals surface area contributed by atoms with Crippen molar-refractivity contribution in [3.05, 3.63) is 36.2 Å². The average molecular weight is 312 g/mol. The Bertz CT molecular complexity index is 574. The van der Waals surface area contributed by atoms with Crippen molar-refractivity contribution in [1.29, 1.82) is 0 Å². The number of rotatable bonds is 6. The normalized spacial score (nSPS) is 12.0. The first-order valence-corrected chi connectivity index (χ1v) is 6.39. The van der Waals surface area contributed by atoms with Crippen molar-refractivity contribution in [1.82, 2.24) is 15.0 Å². The van der Waals surface area contributed by atoms with E-state index in [4.69, 9.17) is 9.63 Å². The van der Waals surface area contributed by atoms with E-state index in [0.29, 0.717) is 24.7 Å². The van der Waals surface area contributed by atoms with Crippen LogP contribution in [0.5, 0.6) is 0 Å². The van der Waals surface area contributed by atoms with Crippen LogP contribution in [0.4, 0.5) is 0 Å². The highest BCUT2D eigenvalue weighted by Crippen LogP contribution is 2.15. The van der Waals surface area contributed by atoms with Gasteiger partial charge in [0, 0.05) is 18.5 Å². The Hall–Kier alpha value is -1.92. The molecule has 1 heterocycles. The molecule has 0 saturated heterocycles. The molecule has 0 amide bonds. The van der Waals surface area contributed by atoms with E-state index in [1.807, 2.05) is 30.3 Å². The molecule has 7 heteroatoms. The van der Waals surface area contributed by atoms with E-state index in [-0.39, 0.29) is 12.4 Å². The third-order valence-corrected chi connectivity index (χ3v) is 3.20. The molecule has 0 aliphatic rings. The first-order valence-electron chi connectivity index (χ1n) is 6.39. The van der Waals surface area contributed by atoms with Crippen LogP contribution in [0.3, 0.4) is 0 Å². The summed E-state index contributed by atoms with van der Waals surface area (Å²) in [6, 6.07) is 9.03. The SMILES string of the molecule is CC(C(=O)O)N(C)CCc1nc(-c2ccccc2)no1.Cl. The van der Waals surface area contributed by atoms with Gasteiger partial charge in [-0.3, -0.25) is 9.69 Å². The second-order valence-electron chi connectivity index (χ2n) is 4.62. The summed E-state index contributed by atoms with van der Waals surface area (Å²) < 4.78 is 5.17. The van der Waals surface area contributed by atoms with Crippen LogP contribution in [0, 0.1) is 0 Å². The summed E-state index contributed by atoms with van der Waals surface area (Å²) in [5.41, 5.74) is 0.898. The van der Waals surface area contributed by atoms with E-state index >= 15 is 0 Å². The molecular weight excluding hydrogens is 294 g/mol. The lowest BCUT2D eigenvalue weighted by Gasteiger charge is -2.19. The van der Waals surface area contributed by atoms with Crippen LogP contribution in [0.25, 0.3) is 11.4 Å². The fourth-order valence-corrected chi connectivity index (χ4v) is 1.72. The number of likely N-dealkylation sites (N-methyl/N-ethyl adjacent to an activating group) is 1. The van der Waals surface area contributed by atoms with Crippen LogP contribution in [0.2, 0.25) is 0 Å². The van der Waals surface area contributed by atoms with E-state index in [1.54, 1.807) is 18.9 Å². The topological polar surface area (TPSA) is 79.5 Å². The molecule has 0 spiro atoms. The Kier molecular flexibility index (Phi) is 6.33. The number of nitrogens with zero attached hydrogens (tertiary/aromatic N) is 3. The number of hydrogen-bond acceptors (Lipinski definition) is 5. The standard InChI is InChI=1S/C14H17N3O3.ClH/c1-10(14(18)19)17(2)9-8-12-15-13(16-20-12)11-6-4-3-5-7-11;/h3-7,10H,8-9H2,1-2H3,(H,18,19);1H. The summed E-state index contributed by atoms with van der Waals surface area (Å²) >= 11 is 0. The monoisotopic (exact) mass is 311 g/mol. The summed E-state index contributed by atoms with van der Waals surface area (Å²) in [5.74, 6) is 0.214. The third kappa shape index (κ3) is 4.54. The highest BCUT2D eigenvalue weighted by molar-refractivity contribution is 5.85. The van der Waals surface area contributed by atoms with Crippen LogP contribution in [-0.4, -0.2) is 45.8 Å². The number of carboxylic acid groups (broad SMARTS) is 1. The zero-order valence-corrected chi connectivity index (χ0v) is 12.7. The van der Waals surface area contributed by atoms with Gasteiger partial charge in [0.05, 0.1) is 0 Å². The molecule has 114 valence electrons. The largest absolute Gasteiger partial charge is 0.480 e. The van der Waals surface area contributed by atoms with Gasteiger partial charge in [0.15, 0.2) is 0 Å². The number of halogens is 1. The maximum absolute atomic E-state index is 10.8. The molecule has 0 aliphatic carbocycles. The lowest BCUT2D eigenvalue weighted by atomic mass is 10.2. The number of hydrogen-bond donors (Lipinski definition) is 1. The fourth-order valence-electron chi connectivity index (χ4n) is 1.72. The summed E-state index contributed by atoms with van der Waals surface area (Å²) in [6.45, 7) is 2.19. The fraction of sp³-hybridized carbons (Fsp3) is 0.357.